The Balaban J connectivity index is 1.43. The van der Waals surface area contributed by atoms with E-state index in [2.05, 4.69) is 27.4 Å². The van der Waals surface area contributed by atoms with E-state index in [0.29, 0.717) is 21.7 Å². The molecule has 1 N–H and O–H groups in total. The molecule has 0 fully saturated rings. The summed E-state index contributed by atoms with van der Waals surface area (Å²) in [5.74, 6) is 0.220. The number of nitrogens with zero attached hydrogens (tertiary/aromatic N) is 4. The van der Waals surface area contributed by atoms with Gasteiger partial charge in [-0.25, -0.2) is 9.37 Å². The second kappa shape index (κ2) is 10.2. The van der Waals surface area contributed by atoms with Crippen LogP contribution in [0.3, 0.4) is 0 Å². The molecule has 0 bridgehead atoms. The first kappa shape index (κ1) is 22.4. The van der Waals surface area contributed by atoms with Gasteiger partial charge in [0.2, 0.25) is 11.0 Å². The van der Waals surface area contributed by atoms with Gasteiger partial charge in [-0.15, -0.1) is 21.5 Å². The Bertz CT molecular complexity index is 1230. The lowest BCUT2D eigenvalue weighted by Gasteiger charge is -2.20. The summed E-state index contributed by atoms with van der Waals surface area (Å²) in [5.41, 5.74) is 3.46. The predicted octanol–water partition coefficient (Wildman–Crippen LogP) is 6.42. The maximum Gasteiger partial charge on any atom is 0.230 e. The molecule has 1 amide bonds. The fourth-order valence-electron chi connectivity index (χ4n) is 3.04. The molecule has 4 rings (SSSR count). The number of amides is 1. The summed E-state index contributed by atoms with van der Waals surface area (Å²) in [6.45, 7) is 3.62. The Morgan fingerprint density at radius 2 is 2.03 bits per heavy atom. The molecule has 0 aliphatic rings. The summed E-state index contributed by atoms with van der Waals surface area (Å²) in [6, 6.07) is 14.1. The van der Waals surface area contributed by atoms with Crippen molar-refractivity contribution in [2.75, 3.05) is 10.2 Å². The second-order valence-corrected chi connectivity index (χ2v) is 9.79. The van der Waals surface area contributed by atoms with E-state index in [4.69, 9.17) is 0 Å². The molecule has 0 aliphatic carbocycles. The Kier molecular flexibility index (Phi) is 7.13. The quantitative estimate of drug-likeness (QED) is 0.291. The monoisotopic (exact) mass is 485 g/mol. The molecule has 2 aromatic heterocycles. The Morgan fingerprint density at radius 1 is 1.19 bits per heavy atom. The molecule has 0 spiro atoms. The Labute approximate surface area is 197 Å². The van der Waals surface area contributed by atoms with Gasteiger partial charge in [0.05, 0.1) is 11.4 Å². The highest BCUT2D eigenvalue weighted by Gasteiger charge is 2.20. The highest BCUT2D eigenvalue weighted by molar-refractivity contribution is 8.00. The minimum atomic E-state index is -0.311. The number of hydrogen-bond acceptors (Lipinski definition) is 8. The number of para-hydroxylation sites is 1. The number of anilines is 4. The van der Waals surface area contributed by atoms with Crippen LogP contribution in [0.2, 0.25) is 0 Å². The van der Waals surface area contributed by atoms with Crippen LogP contribution in [0.15, 0.2) is 58.3 Å². The molecule has 6 nitrogen and oxygen atoms in total. The van der Waals surface area contributed by atoms with Gasteiger partial charge in [-0.05, 0) is 36.2 Å². The number of carbonyl (C=O) groups is 1. The van der Waals surface area contributed by atoms with Crippen molar-refractivity contribution < 1.29 is 9.18 Å². The van der Waals surface area contributed by atoms with Gasteiger partial charge in [0.15, 0.2) is 9.47 Å². The zero-order valence-corrected chi connectivity index (χ0v) is 19.9. The van der Waals surface area contributed by atoms with Gasteiger partial charge in [0.25, 0.3) is 0 Å². The van der Waals surface area contributed by atoms with Crippen LogP contribution in [0.5, 0.6) is 0 Å². The average Bonchev–Trinajstić information content (AvgIpc) is 3.42. The highest BCUT2D eigenvalue weighted by atomic mass is 32.2. The maximum atomic E-state index is 13.3. The lowest BCUT2D eigenvalue weighted by Crippen LogP contribution is -2.23. The smallest absolute Gasteiger partial charge is 0.230 e. The third kappa shape index (κ3) is 5.32. The van der Waals surface area contributed by atoms with Crippen molar-refractivity contribution >= 4 is 62.0 Å². The van der Waals surface area contributed by atoms with Crippen LogP contribution in [0, 0.1) is 5.82 Å². The molecule has 0 radical (unpaired) electrons. The Morgan fingerprint density at radius 3 is 2.81 bits per heavy atom. The fraction of sp³-hybridized carbons (Fsp3) is 0.182. The van der Waals surface area contributed by atoms with Gasteiger partial charge in [-0.3, -0.25) is 9.69 Å². The van der Waals surface area contributed by atoms with Crippen LogP contribution >= 0.6 is 34.4 Å². The molecular formula is C22H20FN5OS3. The third-order valence-corrected chi connectivity index (χ3v) is 7.37. The molecule has 2 aromatic carbocycles. The first-order valence-electron chi connectivity index (χ1n) is 9.85. The minimum Gasteiger partial charge on any atom is -0.330 e. The summed E-state index contributed by atoms with van der Waals surface area (Å²) >= 11 is 4.35. The number of aryl methyl sites for hydroxylation is 1. The van der Waals surface area contributed by atoms with Gasteiger partial charge in [-0.2, -0.15) is 0 Å². The van der Waals surface area contributed by atoms with Crippen molar-refractivity contribution in [3.8, 4) is 0 Å². The number of halogens is 1. The van der Waals surface area contributed by atoms with Gasteiger partial charge >= 0.3 is 0 Å². The molecule has 10 heteroatoms. The maximum absolute atomic E-state index is 13.3. The first-order chi connectivity index (χ1) is 15.5. The number of rotatable bonds is 8. The molecule has 0 atom stereocenters. The van der Waals surface area contributed by atoms with Gasteiger partial charge in [0.1, 0.15) is 5.82 Å². The normalized spacial score (nSPS) is 10.8. The third-order valence-electron chi connectivity index (χ3n) is 4.49. The van der Waals surface area contributed by atoms with Crippen LogP contribution in [-0.2, 0) is 17.0 Å². The van der Waals surface area contributed by atoms with Gasteiger partial charge in [-0.1, -0.05) is 54.3 Å². The number of aromatic nitrogens is 3. The minimum absolute atomic E-state index is 0.0726. The topological polar surface area (TPSA) is 71.0 Å². The zero-order chi connectivity index (χ0) is 22.5. The number of hydrogen-bond donors (Lipinski definition) is 1. The fourth-order valence-corrected chi connectivity index (χ4v) is 5.69. The number of nitrogens with one attached hydrogen (secondary N) is 1. The summed E-state index contributed by atoms with van der Waals surface area (Å²) in [4.78, 5) is 18.8. The molecule has 0 saturated heterocycles. The summed E-state index contributed by atoms with van der Waals surface area (Å²) < 4.78 is 14.1. The van der Waals surface area contributed by atoms with Crippen LogP contribution < -0.4 is 10.2 Å². The lowest BCUT2D eigenvalue weighted by molar-refractivity contribution is -0.115. The molecule has 2 heterocycles. The molecule has 0 unspecified atom stereocenters. The van der Waals surface area contributed by atoms with E-state index in [1.807, 2.05) is 29.6 Å². The van der Waals surface area contributed by atoms with Crippen LogP contribution in [0.25, 0.3) is 0 Å². The predicted molar refractivity (Wildman–Crippen MR) is 130 cm³/mol. The summed E-state index contributed by atoms with van der Waals surface area (Å²) in [6.07, 6.45) is 0.830. The zero-order valence-electron chi connectivity index (χ0n) is 17.4. The summed E-state index contributed by atoms with van der Waals surface area (Å²) in [7, 11) is 0. The van der Waals surface area contributed by atoms with E-state index in [0.717, 1.165) is 27.7 Å². The average molecular weight is 486 g/mol. The molecular weight excluding hydrogens is 465 g/mol. The van der Waals surface area contributed by atoms with Crippen molar-refractivity contribution in [2.24, 2.45) is 0 Å². The molecule has 4 aromatic rings. The van der Waals surface area contributed by atoms with E-state index in [1.165, 1.54) is 46.6 Å². The number of carbonyl (C=O) groups excluding carboxylic acids is 1. The largest absolute Gasteiger partial charge is 0.330 e. The van der Waals surface area contributed by atoms with E-state index in [9.17, 15) is 9.18 Å². The molecule has 0 saturated carbocycles. The Hall–Kier alpha value is -2.82. The second-order valence-electron chi connectivity index (χ2n) is 6.76. The van der Waals surface area contributed by atoms with Crippen LogP contribution in [0.1, 0.15) is 25.1 Å². The standard InChI is InChI=1S/C22H20FN5OS3/c1-3-15-7-4-5-10-19(15)28(14(2)29)21-25-18(12-30-21)13-31-22-27-26-20(32-22)24-17-9-6-8-16(23)11-17/h4-12H,3,13H2,1-2H3,(H,24,26). The van der Waals surface area contributed by atoms with Gasteiger partial charge < -0.3 is 5.32 Å². The van der Waals surface area contributed by atoms with E-state index >= 15 is 0 Å². The van der Waals surface area contributed by atoms with Crippen LogP contribution in [-0.4, -0.2) is 21.1 Å². The SMILES string of the molecule is CCc1ccccc1N(C(C)=O)c1nc(CSc2nnc(Nc3cccc(F)c3)s2)cs1. The van der Waals surface area contributed by atoms with Crippen molar-refractivity contribution in [1.82, 2.24) is 15.2 Å². The van der Waals surface area contributed by atoms with Gasteiger partial charge in [0, 0.05) is 23.7 Å². The van der Waals surface area contributed by atoms with Crippen molar-refractivity contribution in [1.29, 1.82) is 0 Å². The highest BCUT2D eigenvalue weighted by Crippen LogP contribution is 2.34. The van der Waals surface area contributed by atoms with E-state index in [1.54, 1.807) is 24.0 Å². The molecule has 32 heavy (non-hydrogen) atoms. The van der Waals surface area contributed by atoms with Crippen molar-refractivity contribution in [3.05, 3.63) is 71.0 Å². The van der Waals surface area contributed by atoms with Crippen molar-refractivity contribution in [2.45, 2.75) is 30.4 Å². The van der Waals surface area contributed by atoms with E-state index < -0.39 is 0 Å². The van der Waals surface area contributed by atoms with E-state index in [-0.39, 0.29) is 11.7 Å². The first-order valence-corrected chi connectivity index (χ1v) is 12.5. The lowest BCUT2D eigenvalue weighted by atomic mass is 10.1. The number of thioether (sulfide) groups is 1. The number of thiazole rings is 1. The van der Waals surface area contributed by atoms with Crippen LogP contribution in [0.4, 0.5) is 26.0 Å². The van der Waals surface area contributed by atoms with Crippen molar-refractivity contribution in [3.63, 3.8) is 0 Å². The molecule has 164 valence electrons. The summed E-state index contributed by atoms with van der Waals surface area (Å²) in [5, 5.41) is 14.6. The number of benzene rings is 2. The molecule has 0 aliphatic heterocycles.